The summed E-state index contributed by atoms with van der Waals surface area (Å²) < 4.78 is 11.9. The largest absolute Gasteiger partial charge is 0.508 e. The molecule has 44 heavy (non-hydrogen) atoms. The van der Waals surface area contributed by atoms with Gasteiger partial charge < -0.3 is 19.7 Å². The van der Waals surface area contributed by atoms with Crippen molar-refractivity contribution in [2.24, 2.45) is 0 Å². The molecule has 7 nitrogen and oxygen atoms in total. The number of aromatic hydroxyl groups is 1. The van der Waals surface area contributed by atoms with Crippen LogP contribution in [0.4, 0.5) is 5.69 Å². The minimum atomic E-state index is -0.939. The first-order valence-corrected chi connectivity index (χ1v) is 14.1. The van der Waals surface area contributed by atoms with Crippen LogP contribution in [0.15, 0.2) is 133 Å². The Hall–Kier alpha value is -5.82. The fourth-order valence-electron chi connectivity index (χ4n) is 5.22. The molecule has 0 aliphatic carbocycles. The molecule has 1 unspecified atom stereocenters. The van der Waals surface area contributed by atoms with Gasteiger partial charge in [0.2, 0.25) is 0 Å². The molecule has 1 heterocycles. The number of benzene rings is 5. The van der Waals surface area contributed by atoms with Crippen LogP contribution in [0.5, 0.6) is 23.0 Å². The molecule has 1 saturated heterocycles. The molecule has 218 valence electrons. The third-order valence-electron chi connectivity index (χ3n) is 7.43. The molecule has 0 spiro atoms. The summed E-state index contributed by atoms with van der Waals surface area (Å²) in [5.74, 6) is 0.00622. The van der Waals surface area contributed by atoms with Crippen molar-refractivity contribution in [2.45, 2.75) is 19.6 Å². The fourth-order valence-corrected chi connectivity index (χ4v) is 5.22. The zero-order valence-corrected chi connectivity index (χ0v) is 23.9. The van der Waals surface area contributed by atoms with Crippen LogP contribution < -0.4 is 14.4 Å². The number of ketones is 1. The second kappa shape index (κ2) is 12.2. The van der Waals surface area contributed by atoms with Crippen molar-refractivity contribution in [3.8, 4) is 23.0 Å². The van der Waals surface area contributed by atoms with E-state index in [-0.39, 0.29) is 17.1 Å². The van der Waals surface area contributed by atoms with Gasteiger partial charge in [-0.1, -0.05) is 60.7 Å². The van der Waals surface area contributed by atoms with Crippen molar-refractivity contribution in [3.05, 3.63) is 155 Å². The van der Waals surface area contributed by atoms with E-state index in [1.807, 2.05) is 67.6 Å². The second-order valence-electron chi connectivity index (χ2n) is 10.4. The maximum atomic E-state index is 13.6. The first-order chi connectivity index (χ1) is 21.4. The lowest BCUT2D eigenvalue weighted by Gasteiger charge is -2.25. The molecule has 0 saturated carbocycles. The Morgan fingerprint density at radius 2 is 1.41 bits per heavy atom. The molecule has 0 aromatic heterocycles. The Balaban J connectivity index is 1.35. The van der Waals surface area contributed by atoms with Crippen molar-refractivity contribution in [1.82, 2.24) is 0 Å². The zero-order chi connectivity index (χ0) is 30.6. The molecule has 7 heteroatoms. The number of para-hydroxylation sites is 1. The van der Waals surface area contributed by atoms with Crippen LogP contribution >= 0.6 is 0 Å². The van der Waals surface area contributed by atoms with E-state index in [4.69, 9.17) is 9.47 Å². The lowest BCUT2D eigenvalue weighted by atomic mass is 9.94. The van der Waals surface area contributed by atoms with Gasteiger partial charge in [-0.2, -0.15) is 0 Å². The van der Waals surface area contributed by atoms with E-state index >= 15 is 0 Å². The molecule has 1 amide bonds. The van der Waals surface area contributed by atoms with Gasteiger partial charge in [-0.05, 0) is 90.3 Å². The highest BCUT2D eigenvalue weighted by atomic mass is 16.5. The van der Waals surface area contributed by atoms with Gasteiger partial charge >= 0.3 is 0 Å². The summed E-state index contributed by atoms with van der Waals surface area (Å²) >= 11 is 0. The number of carbonyl (C=O) groups is 2. The number of rotatable bonds is 8. The molecule has 5 aromatic carbocycles. The molecule has 2 N–H and O–H groups in total. The summed E-state index contributed by atoms with van der Waals surface area (Å²) in [6.07, 6.45) is 0. The number of hydrogen-bond acceptors (Lipinski definition) is 6. The van der Waals surface area contributed by atoms with Crippen molar-refractivity contribution < 1.29 is 29.3 Å². The van der Waals surface area contributed by atoms with Crippen molar-refractivity contribution >= 4 is 23.1 Å². The molecule has 0 bridgehead atoms. The molecule has 6 rings (SSSR count). The van der Waals surface area contributed by atoms with Crippen LogP contribution in [0.2, 0.25) is 0 Å². The number of ether oxygens (including phenoxy) is 2. The van der Waals surface area contributed by atoms with Gasteiger partial charge in [-0.15, -0.1) is 0 Å². The molecule has 1 fully saturated rings. The summed E-state index contributed by atoms with van der Waals surface area (Å²) in [5, 5.41) is 21.5. The van der Waals surface area contributed by atoms with Crippen molar-refractivity contribution in [1.29, 1.82) is 0 Å². The van der Waals surface area contributed by atoms with E-state index in [9.17, 15) is 19.8 Å². The van der Waals surface area contributed by atoms with Crippen molar-refractivity contribution in [3.63, 3.8) is 0 Å². The number of aliphatic hydroxyl groups excluding tert-OH is 1. The van der Waals surface area contributed by atoms with Gasteiger partial charge in [0.25, 0.3) is 11.7 Å². The summed E-state index contributed by atoms with van der Waals surface area (Å²) in [4.78, 5) is 28.5. The highest BCUT2D eigenvalue weighted by Crippen LogP contribution is 2.43. The minimum Gasteiger partial charge on any atom is -0.508 e. The van der Waals surface area contributed by atoms with Crippen LogP contribution in [0.1, 0.15) is 28.3 Å². The molecule has 0 radical (unpaired) electrons. The molecule has 1 aliphatic heterocycles. The predicted octanol–water partition coefficient (Wildman–Crippen LogP) is 7.70. The second-order valence-corrected chi connectivity index (χ2v) is 10.4. The minimum absolute atomic E-state index is 0.0369. The fraction of sp³-hybridized carbons (Fsp3) is 0.0811. The molecular formula is C37H29NO6. The molecular weight excluding hydrogens is 554 g/mol. The van der Waals surface area contributed by atoms with Gasteiger partial charge in [-0.3, -0.25) is 14.5 Å². The summed E-state index contributed by atoms with van der Waals surface area (Å²) in [7, 11) is 0. The molecule has 1 aliphatic rings. The van der Waals surface area contributed by atoms with E-state index in [1.165, 1.54) is 17.0 Å². The van der Waals surface area contributed by atoms with Crippen molar-refractivity contribution in [2.75, 3.05) is 4.90 Å². The topological polar surface area (TPSA) is 96.3 Å². The smallest absolute Gasteiger partial charge is 0.300 e. The van der Waals surface area contributed by atoms with Gasteiger partial charge in [-0.25, -0.2) is 0 Å². The van der Waals surface area contributed by atoms with E-state index in [2.05, 4.69) is 0 Å². The number of amides is 1. The van der Waals surface area contributed by atoms with E-state index < -0.39 is 17.7 Å². The Bertz CT molecular complexity index is 1830. The zero-order valence-electron chi connectivity index (χ0n) is 23.9. The Morgan fingerprint density at radius 3 is 2.07 bits per heavy atom. The average Bonchev–Trinajstić information content (AvgIpc) is 3.31. The number of Topliss-reactive ketones (excluding diaryl/α,β-unsaturated/α-hetero) is 1. The quantitative estimate of drug-likeness (QED) is 0.110. The average molecular weight is 584 g/mol. The number of phenolic OH excluding ortho intramolecular Hbond substituents is 1. The van der Waals surface area contributed by atoms with Gasteiger partial charge in [0.15, 0.2) is 0 Å². The van der Waals surface area contributed by atoms with Crippen LogP contribution in [-0.2, 0) is 16.2 Å². The van der Waals surface area contributed by atoms with Gasteiger partial charge in [0.05, 0.1) is 11.6 Å². The third-order valence-corrected chi connectivity index (χ3v) is 7.43. The van der Waals surface area contributed by atoms with Crippen LogP contribution in [0, 0.1) is 6.92 Å². The lowest BCUT2D eigenvalue weighted by Crippen LogP contribution is -2.29. The van der Waals surface area contributed by atoms with Crippen LogP contribution in [-0.4, -0.2) is 21.9 Å². The maximum Gasteiger partial charge on any atom is 0.300 e. The normalized spacial score (nSPS) is 15.8. The van der Waals surface area contributed by atoms with E-state index in [1.54, 1.807) is 54.6 Å². The highest BCUT2D eigenvalue weighted by Gasteiger charge is 2.47. The number of aryl methyl sites for hydroxylation is 1. The molecule has 5 aromatic rings. The third kappa shape index (κ3) is 5.76. The van der Waals surface area contributed by atoms with Gasteiger partial charge in [0.1, 0.15) is 35.4 Å². The highest BCUT2D eigenvalue weighted by molar-refractivity contribution is 6.51. The van der Waals surface area contributed by atoms with E-state index in [0.717, 1.165) is 11.1 Å². The Morgan fingerprint density at radius 1 is 0.773 bits per heavy atom. The standard InChI is InChI=1S/C37H29NO6/c1-24-22-27(14-21-32(24)43-23-25-8-4-2-5-9-25)35(40)33-34(26-12-17-29(39)18-13-26)38(37(42)36(33)41)28-15-19-31(20-16-28)44-30-10-6-3-7-11-30/h2-22,34,39-40H,23H2,1H3/b35-33-. The number of hydrogen-bond donors (Lipinski definition) is 2. The SMILES string of the molecule is Cc1cc(/C(O)=C2/C(=O)C(=O)N(c3ccc(Oc4ccccc4)cc3)C2c2ccc(O)cc2)ccc1OCc1ccccc1. The lowest BCUT2D eigenvalue weighted by molar-refractivity contribution is -0.132. The number of phenols is 1. The van der Waals surface area contributed by atoms with Gasteiger partial charge in [0, 0.05) is 11.3 Å². The maximum absolute atomic E-state index is 13.6. The monoisotopic (exact) mass is 583 g/mol. The van der Waals surface area contributed by atoms with E-state index in [0.29, 0.717) is 40.7 Å². The summed E-state index contributed by atoms with van der Waals surface area (Å²) in [6, 6.07) is 36.3. The van der Waals surface area contributed by atoms with Crippen LogP contribution in [0.3, 0.4) is 0 Å². The number of nitrogens with zero attached hydrogens (tertiary/aromatic N) is 1. The first kappa shape index (κ1) is 28.3. The van der Waals surface area contributed by atoms with Crippen LogP contribution in [0.25, 0.3) is 5.76 Å². The molecule has 1 atom stereocenters. The summed E-state index contributed by atoms with van der Waals surface area (Å²) in [5.41, 5.74) is 3.10. The number of aliphatic hydroxyl groups is 1. The Kier molecular flexibility index (Phi) is 7.84. The summed E-state index contributed by atoms with van der Waals surface area (Å²) in [6.45, 7) is 2.24. The number of carbonyl (C=O) groups excluding carboxylic acids is 2. The number of anilines is 1. The first-order valence-electron chi connectivity index (χ1n) is 14.1. The Labute approximate surface area is 254 Å². The predicted molar refractivity (Wildman–Crippen MR) is 168 cm³/mol.